The number of hydrogen-bond acceptors (Lipinski definition) is 3. The molecule has 2 atom stereocenters. The van der Waals surface area contributed by atoms with Crippen molar-refractivity contribution in [3.63, 3.8) is 0 Å². The predicted molar refractivity (Wildman–Crippen MR) is 72.8 cm³/mol. The van der Waals surface area contributed by atoms with E-state index >= 15 is 0 Å². The first-order valence-corrected chi connectivity index (χ1v) is 6.79. The molecule has 1 rings (SSSR count). The van der Waals surface area contributed by atoms with Crippen LogP contribution >= 0.6 is 0 Å². The summed E-state index contributed by atoms with van der Waals surface area (Å²) in [6.07, 6.45) is 2.46. The van der Waals surface area contributed by atoms with Crippen LogP contribution in [-0.4, -0.2) is 43.8 Å². The molecule has 16 heavy (non-hydrogen) atoms. The van der Waals surface area contributed by atoms with E-state index in [4.69, 9.17) is 10.5 Å². The summed E-state index contributed by atoms with van der Waals surface area (Å²) in [4.78, 5) is 2.26. The third-order valence-electron chi connectivity index (χ3n) is 2.33. The standard InChI is InChI=1S/C9H20N2O.2C2H6/c1-3-6-12-9-4-5-11(2)7-8(9)10;2*1-2/h8-9H,3-7,10H2,1-2H3;2*1-2H3. The van der Waals surface area contributed by atoms with Crippen LogP contribution in [0.5, 0.6) is 0 Å². The van der Waals surface area contributed by atoms with Crippen LogP contribution in [0.1, 0.15) is 47.5 Å². The number of piperidine rings is 1. The summed E-state index contributed by atoms with van der Waals surface area (Å²) >= 11 is 0. The SMILES string of the molecule is CC.CC.CCCOC1CCN(C)CC1N. The van der Waals surface area contributed by atoms with Crippen molar-refractivity contribution in [3.8, 4) is 0 Å². The Bertz CT molecular complexity index is 129. The lowest BCUT2D eigenvalue weighted by Crippen LogP contribution is -2.51. The number of hydrogen-bond donors (Lipinski definition) is 1. The molecule has 2 unspecified atom stereocenters. The summed E-state index contributed by atoms with van der Waals surface area (Å²) in [6.45, 7) is 13.1. The van der Waals surface area contributed by atoms with Gasteiger partial charge in [0.25, 0.3) is 0 Å². The van der Waals surface area contributed by atoms with Crippen molar-refractivity contribution in [2.45, 2.75) is 59.6 Å². The molecule has 0 aromatic rings. The average Bonchev–Trinajstić information content (AvgIpc) is 2.33. The zero-order chi connectivity index (χ0) is 13.0. The highest BCUT2D eigenvalue weighted by atomic mass is 16.5. The Morgan fingerprint density at radius 2 is 1.81 bits per heavy atom. The highest BCUT2D eigenvalue weighted by Crippen LogP contribution is 2.11. The van der Waals surface area contributed by atoms with E-state index in [0.717, 1.165) is 32.5 Å². The minimum atomic E-state index is 0.204. The van der Waals surface area contributed by atoms with Crippen LogP contribution in [0.15, 0.2) is 0 Å². The lowest BCUT2D eigenvalue weighted by molar-refractivity contribution is -0.00106. The van der Waals surface area contributed by atoms with Gasteiger partial charge in [-0.05, 0) is 19.9 Å². The molecular formula is C13H32N2O. The zero-order valence-electron chi connectivity index (χ0n) is 12.1. The third kappa shape index (κ3) is 8.08. The van der Waals surface area contributed by atoms with Crippen LogP contribution in [0.25, 0.3) is 0 Å². The molecular weight excluding hydrogens is 200 g/mol. The Hall–Kier alpha value is -0.120. The second-order valence-corrected chi connectivity index (χ2v) is 3.62. The minimum absolute atomic E-state index is 0.204. The molecule has 1 aliphatic rings. The number of nitrogens with zero attached hydrogens (tertiary/aromatic N) is 1. The fourth-order valence-corrected chi connectivity index (χ4v) is 1.61. The first kappa shape index (κ1) is 18.3. The molecule has 1 saturated heterocycles. The Morgan fingerprint density at radius 3 is 2.25 bits per heavy atom. The van der Waals surface area contributed by atoms with Crippen molar-refractivity contribution < 1.29 is 4.74 Å². The fraction of sp³-hybridized carbons (Fsp3) is 1.00. The summed E-state index contributed by atoms with van der Waals surface area (Å²) in [7, 11) is 2.11. The lowest BCUT2D eigenvalue weighted by atomic mass is 10.0. The average molecular weight is 232 g/mol. The van der Waals surface area contributed by atoms with Gasteiger partial charge in [0.1, 0.15) is 0 Å². The van der Waals surface area contributed by atoms with E-state index in [1.165, 1.54) is 0 Å². The van der Waals surface area contributed by atoms with Gasteiger partial charge in [0.15, 0.2) is 0 Å². The van der Waals surface area contributed by atoms with Gasteiger partial charge in [0.2, 0.25) is 0 Å². The molecule has 0 spiro atoms. The summed E-state index contributed by atoms with van der Waals surface area (Å²) in [5.74, 6) is 0. The normalized spacial score (nSPS) is 24.9. The molecule has 0 radical (unpaired) electrons. The fourth-order valence-electron chi connectivity index (χ4n) is 1.61. The largest absolute Gasteiger partial charge is 0.377 e. The minimum Gasteiger partial charge on any atom is -0.377 e. The molecule has 3 heteroatoms. The van der Waals surface area contributed by atoms with Gasteiger partial charge in [0, 0.05) is 25.7 Å². The molecule has 1 aliphatic heterocycles. The predicted octanol–water partition coefficient (Wildman–Crippen LogP) is 2.50. The van der Waals surface area contributed by atoms with Crippen LogP contribution in [0, 0.1) is 0 Å². The zero-order valence-corrected chi connectivity index (χ0v) is 12.1. The van der Waals surface area contributed by atoms with E-state index in [1.807, 2.05) is 27.7 Å². The van der Waals surface area contributed by atoms with Gasteiger partial charge >= 0.3 is 0 Å². The molecule has 0 aromatic carbocycles. The maximum absolute atomic E-state index is 5.94. The van der Waals surface area contributed by atoms with Crippen molar-refractivity contribution in [1.29, 1.82) is 0 Å². The quantitative estimate of drug-likeness (QED) is 0.812. The van der Waals surface area contributed by atoms with Gasteiger partial charge in [-0.1, -0.05) is 34.6 Å². The van der Waals surface area contributed by atoms with Crippen molar-refractivity contribution in [2.75, 3.05) is 26.7 Å². The summed E-state index contributed by atoms with van der Waals surface area (Å²) in [5.41, 5.74) is 5.94. The van der Waals surface area contributed by atoms with Gasteiger partial charge in [-0.15, -0.1) is 0 Å². The van der Waals surface area contributed by atoms with E-state index in [9.17, 15) is 0 Å². The highest BCUT2D eigenvalue weighted by Gasteiger charge is 2.24. The van der Waals surface area contributed by atoms with Crippen molar-refractivity contribution in [3.05, 3.63) is 0 Å². The van der Waals surface area contributed by atoms with Crippen LogP contribution < -0.4 is 5.73 Å². The second-order valence-electron chi connectivity index (χ2n) is 3.62. The Kier molecular flexibility index (Phi) is 14.8. The number of ether oxygens (including phenoxy) is 1. The van der Waals surface area contributed by atoms with Crippen LogP contribution in [0.3, 0.4) is 0 Å². The number of rotatable bonds is 3. The van der Waals surface area contributed by atoms with E-state index < -0.39 is 0 Å². The molecule has 1 heterocycles. The van der Waals surface area contributed by atoms with Crippen molar-refractivity contribution in [1.82, 2.24) is 4.90 Å². The number of likely N-dealkylation sites (tertiary alicyclic amines) is 1. The molecule has 100 valence electrons. The maximum atomic E-state index is 5.94. The first-order chi connectivity index (χ1) is 7.74. The van der Waals surface area contributed by atoms with Gasteiger partial charge in [-0.2, -0.15) is 0 Å². The molecule has 2 N–H and O–H groups in total. The summed E-state index contributed by atoms with van der Waals surface area (Å²) in [6, 6.07) is 0.204. The van der Waals surface area contributed by atoms with Gasteiger partial charge in [0.05, 0.1) is 6.10 Å². The van der Waals surface area contributed by atoms with E-state index in [-0.39, 0.29) is 6.04 Å². The highest BCUT2D eigenvalue weighted by molar-refractivity contribution is 4.82. The van der Waals surface area contributed by atoms with E-state index in [2.05, 4.69) is 18.9 Å². The summed E-state index contributed by atoms with van der Waals surface area (Å²) < 4.78 is 5.64. The maximum Gasteiger partial charge on any atom is 0.0750 e. The smallest absolute Gasteiger partial charge is 0.0750 e. The van der Waals surface area contributed by atoms with E-state index in [1.54, 1.807) is 0 Å². The summed E-state index contributed by atoms with van der Waals surface area (Å²) in [5, 5.41) is 0. The van der Waals surface area contributed by atoms with Gasteiger partial charge in [-0.25, -0.2) is 0 Å². The first-order valence-electron chi connectivity index (χ1n) is 6.79. The van der Waals surface area contributed by atoms with Crippen LogP contribution in [0.2, 0.25) is 0 Å². The monoisotopic (exact) mass is 232 g/mol. The molecule has 0 saturated carbocycles. The van der Waals surface area contributed by atoms with Gasteiger partial charge in [-0.3, -0.25) is 0 Å². The molecule has 3 nitrogen and oxygen atoms in total. The second kappa shape index (κ2) is 12.9. The Balaban J connectivity index is 0. The molecule has 1 fully saturated rings. The van der Waals surface area contributed by atoms with Crippen LogP contribution in [-0.2, 0) is 4.74 Å². The van der Waals surface area contributed by atoms with Gasteiger partial charge < -0.3 is 15.4 Å². The van der Waals surface area contributed by atoms with Crippen LogP contribution in [0.4, 0.5) is 0 Å². The van der Waals surface area contributed by atoms with Crippen molar-refractivity contribution >= 4 is 0 Å². The molecule has 0 aliphatic carbocycles. The Labute approximate surface area is 102 Å². The number of likely N-dealkylation sites (N-methyl/N-ethyl adjacent to an activating group) is 1. The molecule has 0 aromatic heterocycles. The molecule has 0 amide bonds. The third-order valence-corrected chi connectivity index (χ3v) is 2.33. The molecule has 0 bridgehead atoms. The topological polar surface area (TPSA) is 38.5 Å². The van der Waals surface area contributed by atoms with Crippen molar-refractivity contribution in [2.24, 2.45) is 5.73 Å². The number of nitrogens with two attached hydrogens (primary N) is 1. The van der Waals surface area contributed by atoms with E-state index in [0.29, 0.717) is 6.10 Å². The lowest BCUT2D eigenvalue weighted by Gasteiger charge is -2.34. The Morgan fingerprint density at radius 1 is 1.25 bits per heavy atom.